The monoisotopic (exact) mass is 300 g/mol. The summed E-state index contributed by atoms with van der Waals surface area (Å²) in [5, 5.41) is 6.88. The first kappa shape index (κ1) is 14.6. The van der Waals surface area contributed by atoms with Gasteiger partial charge in [-0.3, -0.25) is 4.98 Å². The third-order valence-electron chi connectivity index (χ3n) is 3.87. The van der Waals surface area contributed by atoms with Crippen molar-refractivity contribution in [3.63, 3.8) is 0 Å². The van der Waals surface area contributed by atoms with Crippen LogP contribution in [-0.4, -0.2) is 34.2 Å². The number of carbonyl (C=O) groups excluding carboxylic acids is 1. The zero-order valence-corrected chi connectivity index (χ0v) is 12.7. The number of urea groups is 1. The predicted octanol–water partition coefficient (Wildman–Crippen LogP) is 2.47. The molecule has 0 radical (unpaired) electrons. The summed E-state index contributed by atoms with van der Waals surface area (Å²) in [6.45, 7) is 3.22. The van der Waals surface area contributed by atoms with E-state index < -0.39 is 0 Å². The van der Waals surface area contributed by atoms with Gasteiger partial charge in [0.1, 0.15) is 0 Å². The summed E-state index contributed by atoms with van der Waals surface area (Å²) in [6.07, 6.45) is 4.40. The summed E-state index contributed by atoms with van der Waals surface area (Å²) in [5.41, 5.74) is 1.82. The quantitative estimate of drug-likeness (QED) is 0.941. The Morgan fingerprint density at radius 3 is 3.14 bits per heavy atom. The molecular weight excluding hydrogens is 280 g/mol. The average molecular weight is 300 g/mol. The molecule has 2 aromatic rings. The lowest BCUT2D eigenvalue weighted by molar-refractivity contribution is 0.182. The van der Waals surface area contributed by atoms with E-state index in [0.29, 0.717) is 6.54 Å². The molecule has 1 aliphatic rings. The Labute approximate surface area is 129 Å². The molecule has 3 rings (SSSR count). The molecule has 1 atom stereocenters. The van der Waals surface area contributed by atoms with Crippen molar-refractivity contribution in [2.24, 2.45) is 0 Å². The molecule has 0 saturated carbocycles. The number of aryl methyl sites for hydroxylation is 1. The summed E-state index contributed by atoms with van der Waals surface area (Å²) >= 11 is 0. The first-order valence-corrected chi connectivity index (χ1v) is 7.61. The molecule has 0 bridgehead atoms. The van der Waals surface area contributed by atoms with Crippen molar-refractivity contribution in [2.45, 2.75) is 32.2 Å². The molecule has 0 spiro atoms. The number of nitrogens with zero attached hydrogens (tertiary/aromatic N) is 3. The molecule has 2 aromatic heterocycles. The topological polar surface area (TPSA) is 71.3 Å². The first-order chi connectivity index (χ1) is 10.7. The minimum Gasteiger partial charge on any atom is -0.359 e. The lowest BCUT2D eigenvalue weighted by Gasteiger charge is -2.23. The second kappa shape index (κ2) is 6.60. The average Bonchev–Trinajstić information content (AvgIpc) is 3.16. The van der Waals surface area contributed by atoms with E-state index in [1.54, 1.807) is 6.20 Å². The van der Waals surface area contributed by atoms with Crippen molar-refractivity contribution >= 4 is 6.03 Å². The van der Waals surface area contributed by atoms with Gasteiger partial charge in [0.2, 0.25) is 0 Å². The largest absolute Gasteiger partial charge is 0.359 e. The molecule has 0 aliphatic carbocycles. The van der Waals surface area contributed by atoms with Crippen LogP contribution < -0.4 is 5.32 Å². The van der Waals surface area contributed by atoms with Gasteiger partial charge in [0.05, 0.1) is 11.7 Å². The maximum Gasteiger partial charge on any atom is 0.318 e. The van der Waals surface area contributed by atoms with Crippen LogP contribution in [-0.2, 0) is 6.42 Å². The fourth-order valence-corrected chi connectivity index (χ4v) is 2.79. The Morgan fingerprint density at radius 1 is 1.50 bits per heavy atom. The van der Waals surface area contributed by atoms with Crippen LogP contribution in [0.1, 0.15) is 36.0 Å². The minimum atomic E-state index is -0.0486. The fourth-order valence-electron chi connectivity index (χ4n) is 2.79. The van der Waals surface area contributed by atoms with Crippen LogP contribution in [0.3, 0.4) is 0 Å². The van der Waals surface area contributed by atoms with Gasteiger partial charge in [-0.2, -0.15) is 0 Å². The Hall–Kier alpha value is -2.37. The van der Waals surface area contributed by atoms with Gasteiger partial charge in [-0.1, -0.05) is 11.2 Å². The molecule has 116 valence electrons. The van der Waals surface area contributed by atoms with Crippen LogP contribution in [0.5, 0.6) is 0 Å². The molecule has 6 nitrogen and oxygen atoms in total. The molecule has 0 aromatic carbocycles. The summed E-state index contributed by atoms with van der Waals surface area (Å²) in [7, 11) is 0. The van der Waals surface area contributed by atoms with Crippen molar-refractivity contribution in [3.05, 3.63) is 47.6 Å². The molecule has 3 heterocycles. The van der Waals surface area contributed by atoms with Crippen LogP contribution in [0, 0.1) is 6.92 Å². The summed E-state index contributed by atoms with van der Waals surface area (Å²) < 4.78 is 5.32. The number of nitrogens with one attached hydrogen (secondary N) is 1. The van der Waals surface area contributed by atoms with Gasteiger partial charge in [-0.05, 0) is 31.9 Å². The molecule has 6 heteroatoms. The number of rotatable bonds is 4. The number of aromatic nitrogens is 2. The van der Waals surface area contributed by atoms with E-state index in [1.165, 1.54) is 0 Å². The van der Waals surface area contributed by atoms with Crippen LogP contribution in [0.4, 0.5) is 4.79 Å². The second-order valence-corrected chi connectivity index (χ2v) is 5.53. The van der Waals surface area contributed by atoms with Gasteiger partial charge in [0, 0.05) is 37.5 Å². The van der Waals surface area contributed by atoms with Crippen molar-refractivity contribution < 1.29 is 9.32 Å². The van der Waals surface area contributed by atoms with Gasteiger partial charge < -0.3 is 14.7 Å². The Morgan fingerprint density at radius 2 is 2.41 bits per heavy atom. The lowest BCUT2D eigenvalue weighted by atomic mass is 10.1. The molecule has 0 unspecified atom stereocenters. The molecule has 1 aliphatic heterocycles. The van der Waals surface area contributed by atoms with Crippen molar-refractivity contribution in [2.75, 3.05) is 13.1 Å². The zero-order valence-electron chi connectivity index (χ0n) is 12.7. The van der Waals surface area contributed by atoms with Crippen LogP contribution in [0.15, 0.2) is 35.0 Å². The van der Waals surface area contributed by atoms with Gasteiger partial charge >= 0.3 is 6.03 Å². The van der Waals surface area contributed by atoms with Crippen molar-refractivity contribution in [1.29, 1.82) is 0 Å². The first-order valence-electron chi connectivity index (χ1n) is 7.61. The molecular formula is C16H20N4O2. The standard InChI is InChI=1S/C16H20N4O2/c1-12-11-15(22-19-12)14-6-4-10-20(14)16(21)18-9-7-13-5-2-3-8-17-13/h2-3,5,8,11,14H,4,6-7,9-10H2,1H3,(H,18,21)/t14-/m0/s1. The van der Waals surface area contributed by atoms with Gasteiger partial charge in [0.25, 0.3) is 0 Å². The highest BCUT2D eigenvalue weighted by atomic mass is 16.5. The summed E-state index contributed by atoms with van der Waals surface area (Å²) in [4.78, 5) is 18.4. The van der Waals surface area contributed by atoms with E-state index in [2.05, 4.69) is 15.5 Å². The summed E-state index contributed by atoms with van der Waals surface area (Å²) in [6, 6.07) is 7.65. The Bertz CT molecular complexity index is 626. The number of likely N-dealkylation sites (tertiary alicyclic amines) is 1. The van der Waals surface area contributed by atoms with Gasteiger partial charge in [-0.25, -0.2) is 4.79 Å². The molecule has 2 amide bonds. The number of hydrogen-bond donors (Lipinski definition) is 1. The maximum atomic E-state index is 12.4. The summed E-state index contributed by atoms with van der Waals surface area (Å²) in [5.74, 6) is 0.773. The molecule has 1 N–H and O–H groups in total. The highest BCUT2D eigenvalue weighted by molar-refractivity contribution is 5.75. The molecule has 1 fully saturated rings. The smallest absolute Gasteiger partial charge is 0.318 e. The highest BCUT2D eigenvalue weighted by Gasteiger charge is 2.32. The SMILES string of the molecule is Cc1cc([C@@H]2CCCN2C(=O)NCCc2ccccn2)on1. The normalized spacial score (nSPS) is 17.7. The van der Waals surface area contributed by atoms with E-state index in [9.17, 15) is 4.79 Å². The van der Waals surface area contributed by atoms with Crippen molar-refractivity contribution in [3.8, 4) is 0 Å². The Balaban J connectivity index is 1.55. The number of carbonyl (C=O) groups is 1. The van der Waals surface area contributed by atoms with Crippen LogP contribution in [0.25, 0.3) is 0 Å². The van der Waals surface area contributed by atoms with E-state index >= 15 is 0 Å². The zero-order chi connectivity index (χ0) is 15.4. The molecule has 22 heavy (non-hydrogen) atoms. The van der Waals surface area contributed by atoms with E-state index in [4.69, 9.17) is 4.52 Å². The van der Waals surface area contributed by atoms with E-state index in [0.717, 1.165) is 43.0 Å². The number of amides is 2. The van der Waals surface area contributed by atoms with Gasteiger partial charge in [-0.15, -0.1) is 0 Å². The molecule has 1 saturated heterocycles. The maximum absolute atomic E-state index is 12.4. The van der Waals surface area contributed by atoms with E-state index in [-0.39, 0.29) is 12.1 Å². The third kappa shape index (κ3) is 3.27. The Kier molecular flexibility index (Phi) is 4.37. The van der Waals surface area contributed by atoms with Crippen molar-refractivity contribution in [1.82, 2.24) is 20.4 Å². The lowest BCUT2D eigenvalue weighted by Crippen LogP contribution is -2.40. The van der Waals surface area contributed by atoms with Crippen LogP contribution in [0.2, 0.25) is 0 Å². The number of hydrogen-bond acceptors (Lipinski definition) is 4. The number of pyridine rings is 1. The third-order valence-corrected chi connectivity index (χ3v) is 3.87. The highest BCUT2D eigenvalue weighted by Crippen LogP contribution is 2.32. The fraction of sp³-hybridized carbons (Fsp3) is 0.438. The minimum absolute atomic E-state index is 0.00366. The van der Waals surface area contributed by atoms with Gasteiger partial charge in [0.15, 0.2) is 5.76 Å². The van der Waals surface area contributed by atoms with Crippen LogP contribution >= 0.6 is 0 Å². The van der Waals surface area contributed by atoms with E-state index in [1.807, 2.05) is 36.1 Å². The second-order valence-electron chi connectivity index (χ2n) is 5.53. The predicted molar refractivity (Wildman–Crippen MR) is 81.3 cm³/mol.